The van der Waals surface area contributed by atoms with Gasteiger partial charge in [0.2, 0.25) is 11.7 Å². The van der Waals surface area contributed by atoms with Gasteiger partial charge in [-0.2, -0.15) is 4.98 Å². The van der Waals surface area contributed by atoms with E-state index in [0.29, 0.717) is 11.7 Å². The second kappa shape index (κ2) is 6.86. The summed E-state index contributed by atoms with van der Waals surface area (Å²) in [4.78, 5) is 11.2. The fourth-order valence-electron chi connectivity index (χ4n) is 3.04. The molecule has 7 heteroatoms. The summed E-state index contributed by atoms with van der Waals surface area (Å²) in [6, 6.07) is 7.91. The van der Waals surface area contributed by atoms with Gasteiger partial charge in [-0.25, -0.2) is 4.98 Å². The van der Waals surface area contributed by atoms with E-state index < -0.39 is 0 Å². The summed E-state index contributed by atoms with van der Waals surface area (Å²) in [6.45, 7) is 2.81. The molecule has 3 heterocycles. The minimum atomic E-state index is 0.322. The molecule has 6 nitrogen and oxygen atoms in total. The number of halogens is 1. The summed E-state index contributed by atoms with van der Waals surface area (Å²) in [6.07, 6.45) is 5.20. The second-order valence-electron chi connectivity index (χ2n) is 5.97. The number of hydrogen-bond donors (Lipinski definition) is 0. The Morgan fingerprint density at radius 2 is 2.04 bits per heavy atom. The Morgan fingerprint density at radius 1 is 1.21 bits per heavy atom. The van der Waals surface area contributed by atoms with Crippen LogP contribution in [0.15, 0.2) is 50.3 Å². The van der Waals surface area contributed by atoms with Crippen molar-refractivity contribution >= 4 is 15.9 Å². The third kappa shape index (κ3) is 3.27. The predicted octanol–water partition coefficient (Wildman–Crippen LogP) is 3.87. The molecular weight excluding hydrogens is 372 g/mol. The number of benzene rings is 1. The molecule has 0 atom stereocenters. The summed E-state index contributed by atoms with van der Waals surface area (Å²) >= 11 is 3.53. The molecule has 0 unspecified atom stereocenters. The third-order valence-corrected chi connectivity index (χ3v) is 5.05. The van der Waals surface area contributed by atoms with Crippen molar-refractivity contribution in [1.82, 2.24) is 20.0 Å². The molecule has 0 spiro atoms. The van der Waals surface area contributed by atoms with E-state index >= 15 is 0 Å². The van der Waals surface area contributed by atoms with E-state index in [4.69, 9.17) is 8.94 Å². The Labute approximate surface area is 148 Å². The van der Waals surface area contributed by atoms with Gasteiger partial charge < -0.3 is 8.94 Å². The van der Waals surface area contributed by atoms with E-state index in [9.17, 15) is 0 Å². The van der Waals surface area contributed by atoms with Gasteiger partial charge in [0, 0.05) is 22.5 Å². The first-order chi connectivity index (χ1) is 11.8. The van der Waals surface area contributed by atoms with Crippen LogP contribution in [0.4, 0.5) is 0 Å². The van der Waals surface area contributed by atoms with Gasteiger partial charge in [0.05, 0.1) is 5.69 Å². The van der Waals surface area contributed by atoms with Crippen LogP contribution in [0.5, 0.6) is 0 Å². The molecule has 3 aromatic rings. The van der Waals surface area contributed by atoms with Crippen LogP contribution in [0.2, 0.25) is 0 Å². The normalized spacial score (nSPS) is 16.5. The van der Waals surface area contributed by atoms with Crippen molar-refractivity contribution in [1.29, 1.82) is 0 Å². The molecule has 4 rings (SSSR count). The highest BCUT2D eigenvalue weighted by molar-refractivity contribution is 9.10. The first-order valence-electron chi connectivity index (χ1n) is 7.97. The maximum atomic E-state index is 5.53. The Bertz CT molecular complexity index is 795. The van der Waals surface area contributed by atoms with E-state index in [-0.39, 0.29) is 0 Å². The molecule has 1 saturated heterocycles. The van der Waals surface area contributed by atoms with E-state index in [2.05, 4.69) is 36.0 Å². The zero-order valence-corrected chi connectivity index (χ0v) is 14.6. The topological polar surface area (TPSA) is 68.2 Å². The van der Waals surface area contributed by atoms with E-state index in [1.807, 2.05) is 24.3 Å². The molecular formula is C17H17BrN4O2. The highest BCUT2D eigenvalue weighted by Gasteiger charge is 2.26. The molecule has 1 aliphatic heterocycles. The monoisotopic (exact) mass is 388 g/mol. The average Bonchev–Trinajstić information content (AvgIpc) is 3.28. The van der Waals surface area contributed by atoms with Gasteiger partial charge in [-0.1, -0.05) is 33.2 Å². The van der Waals surface area contributed by atoms with Crippen molar-refractivity contribution in [2.45, 2.75) is 25.3 Å². The maximum Gasteiger partial charge on any atom is 0.230 e. The lowest BCUT2D eigenvalue weighted by Gasteiger charge is -2.29. The van der Waals surface area contributed by atoms with Gasteiger partial charge >= 0.3 is 0 Å². The molecule has 0 bridgehead atoms. The van der Waals surface area contributed by atoms with Crippen molar-refractivity contribution in [2.24, 2.45) is 0 Å². The zero-order chi connectivity index (χ0) is 16.4. The zero-order valence-electron chi connectivity index (χ0n) is 13.1. The maximum absolute atomic E-state index is 5.53. The summed E-state index contributed by atoms with van der Waals surface area (Å²) < 4.78 is 11.5. The van der Waals surface area contributed by atoms with Crippen LogP contribution < -0.4 is 0 Å². The van der Waals surface area contributed by atoms with Crippen LogP contribution in [-0.2, 0) is 6.54 Å². The lowest BCUT2D eigenvalue weighted by molar-refractivity contribution is 0.186. The Hall–Kier alpha value is -1.99. The smallest absolute Gasteiger partial charge is 0.230 e. The fraction of sp³-hybridized carbons (Fsp3) is 0.353. The van der Waals surface area contributed by atoms with E-state index in [1.165, 1.54) is 6.39 Å². The van der Waals surface area contributed by atoms with Gasteiger partial charge in [-0.3, -0.25) is 4.90 Å². The number of aromatic nitrogens is 3. The molecule has 1 aromatic carbocycles. The highest BCUT2D eigenvalue weighted by atomic mass is 79.9. The van der Waals surface area contributed by atoms with Gasteiger partial charge in [-0.15, -0.1) is 0 Å². The minimum absolute atomic E-state index is 0.322. The lowest BCUT2D eigenvalue weighted by Crippen LogP contribution is -2.32. The molecule has 2 aromatic heterocycles. The summed E-state index contributed by atoms with van der Waals surface area (Å²) in [5, 5.41) is 4.15. The second-order valence-corrected chi connectivity index (χ2v) is 6.82. The fourth-order valence-corrected chi connectivity index (χ4v) is 3.50. The molecule has 24 heavy (non-hydrogen) atoms. The number of oxazole rings is 1. The number of likely N-dealkylation sites (tertiary alicyclic amines) is 1. The molecule has 1 fully saturated rings. The highest BCUT2D eigenvalue weighted by Crippen LogP contribution is 2.31. The van der Waals surface area contributed by atoms with Crippen molar-refractivity contribution in [3.05, 3.63) is 53.0 Å². The first-order valence-corrected chi connectivity index (χ1v) is 8.77. The predicted molar refractivity (Wildman–Crippen MR) is 91.2 cm³/mol. The van der Waals surface area contributed by atoms with Crippen LogP contribution in [0.25, 0.3) is 11.4 Å². The van der Waals surface area contributed by atoms with Crippen LogP contribution in [-0.4, -0.2) is 33.1 Å². The minimum Gasteiger partial charge on any atom is -0.451 e. The Kier molecular flexibility index (Phi) is 4.44. The van der Waals surface area contributed by atoms with Crippen LogP contribution in [0, 0.1) is 0 Å². The van der Waals surface area contributed by atoms with Gasteiger partial charge in [0.25, 0.3) is 0 Å². The third-order valence-electron chi connectivity index (χ3n) is 4.36. The molecule has 0 aliphatic carbocycles. The number of nitrogens with zero attached hydrogens (tertiary/aromatic N) is 4. The lowest BCUT2D eigenvalue weighted by atomic mass is 9.96. The van der Waals surface area contributed by atoms with E-state index in [1.54, 1.807) is 6.26 Å². The van der Waals surface area contributed by atoms with Crippen molar-refractivity contribution in [2.75, 3.05) is 13.1 Å². The summed E-state index contributed by atoms with van der Waals surface area (Å²) in [7, 11) is 0. The van der Waals surface area contributed by atoms with Crippen LogP contribution in [0.3, 0.4) is 0 Å². The van der Waals surface area contributed by atoms with Crippen molar-refractivity contribution in [3.8, 4) is 11.4 Å². The van der Waals surface area contributed by atoms with Gasteiger partial charge in [0.1, 0.15) is 6.26 Å². The Balaban J connectivity index is 1.40. The largest absolute Gasteiger partial charge is 0.451 e. The van der Waals surface area contributed by atoms with Crippen molar-refractivity contribution < 1.29 is 8.94 Å². The van der Waals surface area contributed by atoms with Crippen LogP contribution in [0.1, 0.15) is 30.3 Å². The SMILES string of the molecule is Brc1ccccc1-c1noc(C2CCN(Cc3cocn3)CC2)n1. The molecule has 0 radical (unpaired) electrons. The standard InChI is InChI=1S/C17H17BrN4O2/c18-15-4-2-1-3-14(15)16-20-17(24-21-16)12-5-7-22(8-6-12)9-13-10-23-11-19-13/h1-4,10-12H,5-9H2. The number of piperidine rings is 1. The van der Waals surface area contributed by atoms with E-state index in [0.717, 1.165) is 54.1 Å². The quantitative estimate of drug-likeness (QED) is 0.675. The van der Waals surface area contributed by atoms with Crippen LogP contribution >= 0.6 is 15.9 Å². The van der Waals surface area contributed by atoms with Crippen molar-refractivity contribution in [3.63, 3.8) is 0 Å². The average molecular weight is 389 g/mol. The number of rotatable bonds is 4. The molecule has 0 N–H and O–H groups in total. The molecule has 1 aliphatic rings. The van der Waals surface area contributed by atoms with Gasteiger partial charge in [0.15, 0.2) is 6.39 Å². The summed E-state index contributed by atoms with van der Waals surface area (Å²) in [5.74, 6) is 1.70. The van der Waals surface area contributed by atoms with Gasteiger partial charge in [-0.05, 0) is 38.1 Å². The summed E-state index contributed by atoms with van der Waals surface area (Å²) in [5.41, 5.74) is 1.93. The number of hydrogen-bond acceptors (Lipinski definition) is 6. The Morgan fingerprint density at radius 3 is 2.79 bits per heavy atom. The first kappa shape index (κ1) is 15.5. The molecule has 124 valence electrons. The molecule has 0 saturated carbocycles. The molecule has 0 amide bonds.